The van der Waals surface area contributed by atoms with E-state index in [-0.39, 0.29) is 49.9 Å². The van der Waals surface area contributed by atoms with E-state index in [1.165, 1.54) is 24.3 Å². The first-order valence-corrected chi connectivity index (χ1v) is 23.6. The zero-order chi connectivity index (χ0) is 56.8. The Balaban J connectivity index is 1.37. The van der Waals surface area contributed by atoms with E-state index in [0.29, 0.717) is 11.1 Å². The number of aliphatic carboxylic acids is 6. The molecule has 0 radical (unpaired) electrons. The number of unbranched alkanes of at least 4 members (excludes halogenated alkanes) is 1. The fourth-order valence-electron chi connectivity index (χ4n) is 7.43. The number of carboxylic acids is 6. The number of carbonyl (C=O) groups excluding carboxylic acids is 6. The number of aromatic nitrogens is 1. The van der Waals surface area contributed by atoms with Crippen molar-refractivity contribution in [3.05, 3.63) is 113 Å². The van der Waals surface area contributed by atoms with Crippen molar-refractivity contribution >= 4 is 82.2 Å². The molecule has 1 heterocycles. The van der Waals surface area contributed by atoms with Gasteiger partial charge in [0.1, 0.15) is 36.1 Å². The van der Waals surface area contributed by atoms with Gasteiger partial charge in [-0.3, -0.25) is 38.4 Å². The maximum atomic E-state index is 13.7. The normalized spacial score (nSPS) is 13.2. The molecule has 1 aromatic heterocycles. The van der Waals surface area contributed by atoms with Crippen LogP contribution in [0.15, 0.2) is 85.1 Å². The summed E-state index contributed by atoms with van der Waals surface area (Å²) in [4.78, 5) is 152. The molecule has 0 bridgehead atoms. The highest BCUT2D eigenvalue weighted by molar-refractivity contribution is 6.00. The number of hydrogen-bond acceptors (Lipinski definition) is 13. The minimum Gasteiger partial charge on any atom is -0.481 e. The minimum atomic E-state index is -2.07. The molecule has 410 valence electrons. The van der Waals surface area contributed by atoms with E-state index in [1.54, 1.807) is 6.07 Å². The summed E-state index contributed by atoms with van der Waals surface area (Å²) >= 11 is 0. The number of benzene rings is 3. The number of pyridine rings is 1. The molecule has 77 heavy (non-hydrogen) atoms. The number of amides is 7. The second-order valence-corrected chi connectivity index (χ2v) is 17.3. The van der Waals surface area contributed by atoms with Crippen LogP contribution in [0.4, 0.5) is 9.18 Å². The molecule has 0 spiro atoms. The number of nitrogens with one attached hydrogen (secondary N) is 7. The zero-order valence-electron chi connectivity index (χ0n) is 40.7. The maximum Gasteiger partial charge on any atom is 0.326 e. The Hall–Kier alpha value is -9.56. The molecule has 13 N–H and O–H groups in total. The lowest BCUT2D eigenvalue weighted by Gasteiger charge is -2.23. The number of halogens is 1. The molecule has 26 nitrogen and oxygen atoms in total. The highest BCUT2D eigenvalue weighted by atomic mass is 19.1. The highest BCUT2D eigenvalue weighted by Gasteiger charge is 2.35. The molecule has 4 rings (SSSR count). The van der Waals surface area contributed by atoms with E-state index in [2.05, 4.69) is 31.6 Å². The van der Waals surface area contributed by atoms with E-state index < -0.39 is 146 Å². The number of nitrogens with zero attached hydrogens (tertiary/aromatic N) is 1. The molecule has 3 aromatic carbocycles. The predicted molar refractivity (Wildman–Crippen MR) is 263 cm³/mol. The van der Waals surface area contributed by atoms with Crippen LogP contribution in [0.3, 0.4) is 0 Å². The van der Waals surface area contributed by atoms with Crippen LogP contribution < -0.4 is 37.2 Å². The van der Waals surface area contributed by atoms with Crippen LogP contribution in [0.25, 0.3) is 10.8 Å². The van der Waals surface area contributed by atoms with Crippen LogP contribution in [0.1, 0.15) is 83.2 Å². The third-order valence-corrected chi connectivity index (χ3v) is 11.6. The summed E-state index contributed by atoms with van der Waals surface area (Å²) in [6.45, 7) is -0.334. The fourth-order valence-corrected chi connectivity index (χ4v) is 7.43. The van der Waals surface area contributed by atoms with Gasteiger partial charge in [-0.1, -0.05) is 54.6 Å². The van der Waals surface area contributed by atoms with Crippen molar-refractivity contribution in [2.45, 2.75) is 94.5 Å². The van der Waals surface area contributed by atoms with Crippen molar-refractivity contribution < 1.29 is 92.6 Å². The monoisotopic (exact) mass is 1070 g/mol. The third-order valence-electron chi connectivity index (χ3n) is 11.6. The van der Waals surface area contributed by atoms with Crippen LogP contribution >= 0.6 is 0 Å². The van der Waals surface area contributed by atoms with Crippen molar-refractivity contribution in [2.75, 3.05) is 6.54 Å². The summed E-state index contributed by atoms with van der Waals surface area (Å²) in [7, 11) is 0. The Morgan fingerprint density at radius 3 is 1.64 bits per heavy atom. The van der Waals surface area contributed by atoms with Gasteiger partial charge in [-0.05, 0) is 78.3 Å². The molecule has 0 aliphatic rings. The van der Waals surface area contributed by atoms with Crippen LogP contribution in [-0.2, 0) is 56.1 Å². The molecular weight excluding hydrogens is 1020 g/mol. The van der Waals surface area contributed by atoms with E-state index in [1.807, 2.05) is 47.0 Å². The van der Waals surface area contributed by atoms with Gasteiger partial charge in [0.15, 0.2) is 0 Å². The molecule has 6 atom stereocenters. The molecule has 0 aliphatic heterocycles. The second-order valence-electron chi connectivity index (χ2n) is 17.3. The summed E-state index contributed by atoms with van der Waals surface area (Å²) in [6.07, 6.45) is -2.19. The average molecular weight is 1080 g/mol. The van der Waals surface area contributed by atoms with Crippen molar-refractivity contribution in [1.82, 2.24) is 42.2 Å². The SMILES string of the molecule is O=C(O)CCC(NC(=O)NC(CCCCNC(=O)C(Cc1ccc2ccccc2c1)NC(=O)c1ccc(CNC(=O)C(CC(NC(=O)C(CCC(=O)O)NC(=O)c2ccc(F)nc2)C(=O)O)C(=O)O)cc1)C(=O)O)C(=O)O. The Morgan fingerprint density at radius 2 is 1.05 bits per heavy atom. The van der Waals surface area contributed by atoms with Gasteiger partial charge in [-0.25, -0.2) is 24.2 Å². The number of urea groups is 1. The minimum absolute atomic E-state index is 0.000513. The lowest BCUT2D eigenvalue weighted by Crippen LogP contribution is -2.53. The average Bonchev–Trinajstić information content (AvgIpc) is 3.38. The van der Waals surface area contributed by atoms with Gasteiger partial charge in [0.05, 0.1) is 5.56 Å². The standard InChI is InChI=1S/C50H55FN8O18/c51-38-17-14-31(25-53-38)42(65)55-33(15-18-39(60)61)45(68)57-37(49(75)76)23-32(46(69)70)43(66)54-24-26-8-12-29(13-9-26)41(64)56-36(22-27-10-11-28-5-1-2-6-30(28)21-27)44(67)52-20-4-3-7-34(47(71)72)58-50(77)59-35(48(73)74)16-19-40(62)63/h1-2,5-6,8-14,17,21,25,32-37H,3-4,7,15-16,18-20,22-24H2,(H,52,67)(H,54,66)(H,55,65)(H,56,64)(H,57,68)(H,60,61)(H,62,63)(H,69,70)(H,71,72)(H,73,74)(H,75,76)(H2,58,59,77). The highest BCUT2D eigenvalue weighted by Crippen LogP contribution is 2.18. The van der Waals surface area contributed by atoms with E-state index in [4.69, 9.17) is 5.11 Å². The Bertz CT molecular complexity index is 2830. The number of hydrogen-bond donors (Lipinski definition) is 13. The van der Waals surface area contributed by atoms with Crippen LogP contribution in [-0.4, -0.2) is 144 Å². The smallest absolute Gasteiger partial charge is 0.326 e. The van der Waals surface area contributed by atoms with Gasteiger partial charge in [-0.2, -0.15) is 4.39 Å². The molecule has 7 amide bonds. The van der Waals surface area contributed by atoms with Gasteiger partial charge >= 0.3 is 41.8 Å². The summed E-state index contributed by atoms with van der Waals surface area (Å²) in [5, 5.41) is 74.8. The summed E-state index contributed by atoms with van der Waals surface area (Å²) < 4.78 is 13.3. The second kappa shape index (κ2) is 29.4. The third kappa shape index (κ3) is 20.0. The fraction of sp³-hybridized carbons (Fsp3) is 0.340. The summed E-state index contributed by atoms with van der Waals surface area (Å²) in [5.41, 5.74) is 0.842. The molecule has 0 saturated heterocycles. The molecule has 27 heteroatoms. The quantitative estimate of drug-likeness (QED) is 0.0190. The maximum absolute atomic E-state index is 13.7. The van der Waals surface area contributed by atoms with Gasteiger partial charge in [0.2, 0.25) is 23.7 Å². The summed E-state index contributed by atoms with van der Waals surface area (Å²) in [6, 6.07) is 11.2. The number of fused-ring (bicyclic) bond motifs is 1. The Kier molecular flexibility index (Phi) is 22.9. The lowest BCUT2D eigenvalue weighted by atomic mass is 9.98. The van der Waals surface area contributed by atoms with Gasteiger partial charge in [0.25, 0.3) is 11.8 Å². The van der Waals surface area contributed by atoms with Crippen molar-refractivity contribution in [1.29, 1.82) is 0 Å². The molecular formula is C50H55FN8O18. The van der Waals surface area contributed by atoms with E-state index >= 15 is 0 Å². The van der Waals surface area contributed by atoms with Gasteiger partial charge in [-0.15, -0.1) is 0 Å². The van der Waals surface area contributed by atoms with Gasteiger partial charge < -0.3 is 67.9 Å². The van der Waals surface area contributed by atoms with E-state index in [0.717, 1.165) is 29.1 Å². The predicted octanol–water partition coefficient (Wildman–Crippen LogP) is 1.01. The first-order valence-electron chi connectivity index (χ1n) is 23.6. The first kappa shape index (κ1) is 60.0. The van der Waals surface area contributed by atoms with E-state index in [9.17, 15) is 87.5 Å². The molecule has 6 unspecified atom stereocenters. The van der Waals surface area contributed by atoms with Crippen LogP contribution in [0.5, 0.6) is 0 Å². The topological polar surface area (TPSA) is 423 Å². The van der Waals surface area contributed by atoms with Crippen LogP contribution in [0.2, 0.25) is 0 Å². The van der Waals surface area contributed by atoms with Crippen molar-refractivity contribution in [3.63, 3.8) is 0 Å². The summed E-state index contributed by atoms with van der Waals surface area (Å²) in [5.74, 6) is -16.9. The molecule has 4 aromatic rings. The number of carbonyl (C=O) groups is 12. The number of carboxylic acid groups (broad SMARTS) is 6. The lowest BCUT2D eigenvalue weighted by molar-refractivity contribution is -0.150. The van der Waals surface area contributed by atoms with Crippen LogP contribution in [0, 0.1) is 11.9 Å². The largest absolute Gasteiger partial charge is 0.481 e. The van der Waals surface area contributed by atoms with Crippen molar-refractivity contribution in [2.24, 2.45) is 5.92 Å². The number of rotatable bonds is 31. The first-order chi connectivity index (χ1) is 36.5. The molecule has 0 fully saturated rings. The zero-order valence-corrected chi connectivity index (χ0v) is 40.7. The Labute approximate surface area is 436 Å². The van der Waals surface area contributed by atoms with Gasteiger partial charge in [0, 0.05) is 50.5 Å². The molecule has 0 aliphatic carbocycles. The van der Waals surface area contributed by atoms with Crippen molar-refractivity contribution in [3.8, 4) is 0 Å². The Morgan fingerprint density at radius 1 is 0.494 bits per heavy atom. The molecule has 0 saturated carbocycles.